The van der Waals surface area contributed by atoms with E-state index in [0.717, 1.165) is 86.6 Å². The first kappa shape index (κ1) is 40.9. The second-order valence-electron chi connectivity index (χ2n) is 17.1. The number of hydrogen-bond acceptors (Lipinski definition) is 8. The van der Waals surface area contributed by atoms with Gasteiger partial charge in [-0.2, -0.15) is 0 Å². The van der Waals surface area contributed by atoms with Gasteiger partial charge in [0.15, 0.2) is 0 Å². The van der Waals surface area contributed by atoms with Crippen molar-refractivity contribution in [3.63, 3.8) is 0 Å². The maximum absolute atomic E-state index is 13.9. The molecule has 4 aromatic carbocycles. The van der Waals surface area contributed by atoms with E-state index in [4.69, 9.17) is 19.4 Å². The third kappa shape index (κ3) is 8.04. The van der Waals surface area contributed by atoms with Gasteiger partial charge < -0.3 is 45.0 Å². The summed E-state index contributed by atoms with van der Waals surface area (Å²) in [6.45, 7) is 5.98. The summed E-state index contributed by atoms with van der Waals surface area (Å²) < 4.78 is 10.3. The van der Waals surface area contributed by atoms with Gasteiger partial charge in [-0.1, -0.05) is 50.2 Å². The van der Waals surface area contributed by atoms with Gasteiger partial charge in [-0.05, 0) is 120 Å². The number of amides is 4. The van der Waals surface area contributed by atoms with E-state index in [2.05, 4.69) is 81.3 Å². The van der Waals surface area contributed by atoms with Gasteiger partial charge in [0, 0.05) is 26.3 Å². The molecular formula is C47H52N8O7. The van der Waals surface area contributed by atoms with Crippen LogP contribution < -0.4 is 10.6 Å². The smallest absolute Gasteiger partial charge is 0.407 e. The Hall–Kier alpha value is -6.48. The number of carbonyl (C=O) groups is 4. The number of rotatable bonds is 10. The summed E-state index contributed by atoms with van der Waals surface area (Å²) in [4.78, 5) is 71.8. The fourth-order valence-electron chi connectivity index (χ4n) is 9.58. The van der Waals surface area contributed by atoms with Crippen molar-refractivity contribution in [1.29, 1.82) is 0 Å². The fourth-order valence-corrected chi connectivity index (χ4v) is 9.58. The highest BCUT2D eigenvalue weighted by molar-refractivity contribution is 5.93. The molecule has 0 spiro atoms. The number of nitrogens with zero attached hydrogens (tertiary/aromatic N) is 4. The Balaban J connectivity index is 0.915. The summed E-state index contributed by atoms with van der Waals surface area (Å²) in [6, 6.07) is 23.2. The van der Waals surface area contributed by atoms with E-state index in [9.17, 15) is 24.3 Å². The molecule has 15 heteroatoms. The topological polar surface area (TPSA) is 195 Å². The predicted molar refractivity (Wildman–Crippen MR) is 234 cm³/mol. The molecule has 9 rings (SSSR count). The molecule has 0 radical (unpaired) electrons. The Kier molecular flexibility index (Phi) is 11.3. The normalized spacial score (nSPS) is 19.4. The summed E-state index contributed by atoms with van der Waals surface area (Å²) in [7, 11) is 1.29. The lowest BCUT2D eigenvalue weighted by Gasteiger charge is -2.33. The number of nitrogens with one attached hydrogen (secondary N) is 4. The van der Waals surface area contributed by atoms with Gasteiger partial charge in [0.2, 0.25) is 11.8 Å². The van der Waals surface area contributed by atoms with Crippen molar-refractivity contribution >= 4 is 56.8 Å². The van der Waals surface area contributed by atoms with E-state index in [1.807, 2.05) is 30.9 Å². The Morgan fingerprint density at radius 1 is 0.710 bits per heavy atom. The first-order valence-electron chi connectivity index (χ1n) is 21.6. The number of aromatic nitrogens is 4. The molecule has 5 heterocycles. The van der Waals surface area contributed by atoms with Crippen molar-refractivity contribution in [2.24, 2.45) is 11.8 Å². The number of carbonyl (C=O) groups excluding carboxylic acids is 3. The van der Waals surface area contributed by atoms with E-state index in [1.165, 1.54) is 7.11 Å². The Morgan fingerprint density at radius 3 is 1.71 bits per heavy atom. The number of hydrogen-bond donors (Lipinski definition) is 5. The molecule has 5 N–H and O–H groups in total. The molecule has 4 amide bonds. The number of alkyl carbamates (subject to hydrolysis) is 1. The van der Waals surface area contributed by atoms with Gasteiger partial charge in [-0.3, -0.25) is 9.59 Å². The zero-order valence-corrected chi connectivity index (χ0v) is 35.1. The first-order valence-corrected chi connectivity index (χ1v) is 21.6. The molecule has 62 heavy (non-hydrogen) atoms. The van der Waals surface area contributed by atoms with E-state index in [-0.39, 0.29) is 35.7 Å². The van der Waals surface area contributed by atoms with Crippen molar-refractivity contribution in [2.75, 3.05) is 33.4 Å². The molecule has 3 fully saturated rings. The Bertz CT molecular complexity index is 2670. The van der Waals surface area contributed by atoms with Gasteiger partial charge in [-0.25, -0.2) is 19.6 Å². The summed E-state index contributed by atoms with van der Waals surface area (Å²) in [5, 5.41) is 17.0. The summed E-state index contributed by atoms with van der Waals surface area (Å²) in [6.07, 6.45) is 2.62. The molecule has 3 aliphatic heterocycles. The second-order valence-corrected chi connectivity index (χ2v) is 17.1. The van der Waals surface area contributed by atoms with Crippen LogP contribution in [0.2, 0.25) is 0 Å². The Morgan fingerprint density at radius 2 is 1.21 bits per heavy atom. The molecule has 0 unspecified atom stereocenters. The predicted octanol–water partition coefficient (Wildman–Crippen LogP) is 7.70. The summed E-state index contributed by atoms with van der Waals surface area (Å²) in [5.41, 5.74) is 7.56. The van der Waals surface area contributed by atoms with Crippen LogP contribution in [0.3, 0.4) is 0 Å². The number of ether oxygens (including phenoxy) is 2. The van der Waals surface area contributed by atoms with Gasteiger partial charge in [-0.15, -0.1) is 0 Å². The maximum Gasteiger partial charge on any atom is 0.407 e. The molecule has 322 valence electrons. The zero-order chi connectivity index (χ0) is 43.1. The summed E-state index contributed by atoms with van der Waals surface area (Å²) in [5.74, 6) is 0.877. The fraction of sp³-hybridized carbons (Fsp3) is 0.404. The number of H-pyrrole nitrogens is 2. The molecule has 0 saturated carbocycles. The van der Waals surface area contributed by atoms with E-state index >= 15 is 0 Å². The zero-order valence-electron chi connectivity index (χ0n) is 35.1. The van der Waals surface area contributed by atoms with Crippen LogP contribution >= 0.6 is 0 Å². The molecule has 3 saturated heterocycles. The highest BCUT2D eigenvalue weighted by atomic mass is 16.5. The third-order valence-corrected chi connectivity index (χ3v) is 12.9. The molecule has 2 aromatic heterocycles. The lowest BCUT2D eigenvalue weighted by Crippen LogP contribution is -2.52. The van der Waals surface area contributed by atoms with E-state index in [0.29, 0.717) is 45.0 Å². The number of fused-ring (bicyclic) bond motifs is 3. The minimum Gasteiger partial charge on any atom is -0.465 e. The number of methoxy groups -OCH3 is 1. The molecule has 15 nitrogen and oxygen atoms in total. The molecule has 6 aromatic rings. The quantitative estimate of drug-likeness (QED) is 0.0919. The number of imidazole rings is 2. The van der Waals surface area contributed by atoms with Crippen molar-refractivity contribution in [1.82, 2.24) is 40.4 Å². The lowest BCUT2D eigenvalue weighted by molar-refractivity contribution is -0.137. The maximum atomic E-state index is 13.9. The van der Waals surface area contributed by atoms with Crippen LogP contribution in [0.25, 0.3) is 55.1 Å². The summed E-state index contributed by atoms with van der Waals surface area (Å²) >= 11 is 0. The third-order valence-electron chi connectivity index (χ3n) is 12.9. The number of benzene rings is 4. The van der Waals surface area contributed by atoms with Crippen LogP contribution in [-0.2, 0) is 19.1 Å². The van der Waals surface area contributed by atoms with Crippen LogP contribution in [0.5, 0.6) is 0 Å². The second kappa shape index (κ2) is 17.1. The van der Waals surface area contributed by atoms with Gasteiger partial charge in [0.25, 0.3) is 0 Å². The van der Waals surface area contributed by atoms with Crippen molar-refractivity contribution in [3.8, 4) is 22.3 Å². The number of likely N-dealkylation sites (tertiary alicyclic amines) is 2. The van der Waals surface area contributed by atoms with Crippen LogP contribution in [0.4, 0.5) is 9.59 Å². The largest absolute Gasteiger partial charge is 0.465 e. The van der Waals surface area contributed by atoms with Crippen molar-refractivity contribution in [3.05, 3.63) is 84.4 Å². The molecule has 0 bridgehead atoms. The van der Waals surface area contributed by atoms with Crippen LogP contribution in [0, 0.1) is 11.8 Å². The molecule has 3 aliphatic rings. The molecule has 4 atom stereocenters. The van der Waals surface area contributed by atoms with Crippen LogP contribution in [-0.4, -0.2) is 104 Å². The SMILES string of the molecule is COC(=O)N[C@H](C(=O)N1CCC[C@H]1c1nc2cc(-c3ccc4cc(-c5ccc6[nH]c([C@@H]7CCCN7C(=O)[C@@H](NC(=O)O)C7CCOCC7)nc6c5)ccc4c3)ccc2[nH]1)C(C)C. The highest BCUT2D eigenvalue weighted by Gasteiger charge is 2.40. The minimum atomic E-state index is -1.20. The van der Waals surface area contributed by atoms with Gasteiger partial charge in [0.05, 0.1) is 41.3 Å². The van der Waals surface area contributed by atoms with Crippen LogP contribution in [0.1, 0.15) is 76.1 Å². The highest BCUT2D eigenvalue weighted by Crippen LogP contribution is 2.37. The number of aromatic amines is 2. The van der Waals surface area contributed by atoms with E-state index in [1.54, 1.807) is 4.90 Å². The Labute approximate surface area is 358 Å². The standard InChI is InChI=1S/C47H52N8O7/c1-26(2)40(53-47(60)61-3)44(56)54-18-4-6-38(54)42-48-34-14-12-32(24-36(34)50-42)30-10-8-29-23-31(11-9-28(29)22-30)33-13-15-35-37(25-33)51-43(49-35)39-7-5-19-55(39)45(57)41(52-46(58)59)27-16-20-62-21-17-27/h8-15,22-27,38-41,52H,4-7,16-21H2,1-3H3,(H,48,50)(H,49,51)(H,53,60)(H,58,59)/t38-,39-,40-,41-/m0/s1. The van der Waals surface area contributed by atoms with Crippen molar-refractivity contribution in [2.45, 2.75) is 76.5 Å². The molecule has 0 aliphatic carbocycles. The van der Waals surface area contributed by atoms with Gasteiger partial charge >= 0.3 is 12.2 Å². The average molecular weight is 841 g/mol. The number of carboxylic acid groups (broad SMARTS) is 1. The first-order chi connectivity index (χ1) is 30.0. The monoisotopic (exact) mass is 840 g/mol. The minimum absolute atomic E-state index is 0.112. The van der Waals surface area contributed by atoms with E-state index < -0.39 is 24.3 Å². The average Bonchev–Trinajstić information content (AvgIpc) is 4.12. The van der Waals surface area contributed by atoms with Crippen molar-refractivity contribution < 1.29 is 33.8 Å². The molecular weight excluding hydrogens is 789 g/mol. The van der Waals surface area contributed by atoms with Gasteiger partial charge in [0.1, 0.15) is 23.7 Å². The van der Waals surface area contributed by atoms with Crippen LogP contribution in [0.15, 0.2) is 72.8 Å². The lowest BCUT2D eigenvalue weighted by atomic mass is 9.90.